The number of nitrogens with zero attached hydrogens (tertiary/aromatic N) is 3. The standard InChI is InChI=1S/C20H27N5O5/c1-3-29-20(28)16-12-22-24(2)18(16)23-17(26)13-25-8-6-14(7-9-25)19(27)21-11-15-5-4-10-30-15/h4-5,10,12,14H,3,6-9,11,13H2,1-2H3,(H,21,27)(H,23,26). The molecule has 0 aromatic carbocycles. The number of rotatable bonds is 8. The third kappa shape index (κ3) is 5.47. The molecule has 3 rings (SSSR count). The number of carbonyl (C=O) groups excluding carboxylic acids is 3. The van der Waals surface area contributed by atoms with Crippen LogP contribution in [0.3, 0.4) is 0 Å². The van der Waals surface area contributed by atoms with Crippen molar-refractivity contribution in [1.29, 1.82) is 0 Å². The van der Waals surface area contributed by atoms with Gasteiger partial charge in [0.2, 0.25) is 11.8 Å². The van der Waals surface area contributed by atoms with Crippen LogP contribution in [0.4, 0.5) is 5.82 Å². The Balaban J connectivity index is 1.45. The summed E-state index contributed by atoms with van der Waals surface area (Å²) < 4.78 is 11.6. The molecule has 30 heavy (non-hydrogen) atoms. The molecule has 1 saturated heterocycles. The molecule has 1 aliphatic rings. The molecule has 2 aromatic rings. The predicted octanol–water partition coefficient (Wildman–Crippen LogP) is 1.16. The van der Waals surface area contributed by atoms with Crippen molar-refractivity contribution >= 4 is 23.6 Å². The van der Waals surface area contributed by atoms with E-state index >= 15 is 0 Å². The molecule has 2 N–H and O–H groups in total. The summed E-state index contributed by atoms with van der Waals surface area (Å²) >= 11 is 0. The number of nitrogens with one attached hydrogen (secondary N) is 2. The van der Waals surface area contributed by atoms with Crippen LogP contribution in [0.25, 0.3) is 0 Å². The number of esters is 1. The molecular formula is C20H27N5O5. The molecule has 1 fully saturated rings. The van der Waals surface area contributed by atoms with Crippen molar-refractivity contribution < 1.29 is 23.5 Å². The highest BCUT2D eigenvalue weighted by molar-refractivity contribution is 6.00. The zero-order valence-electron chi connectivity index (χ0n) is 17.2. The van der Waals surface area contributed by atoms with Gasteiger partial charge in [-0.25, -0.2) is 4.79 Å². The fourth-order valence-electron chi connectivity index (χ4n) is 3.40. The summed E-state index contributed by atoms with van der Waals surface area (Å²) in [6, 6.07) is 3.60. The lowest BCUT2D eigenvalue weighted by Gasteiger charge is -2.30. The maximum absolute atomic E-state index is 12.5. The minimum Gasteiger partial charge on any atom is -0.467 e. The molecule has 0 unspecified atom stereocenters. The highest BCUT2D eigenvalue weighted by Gasteiger charge is 2.26. The third-order valence-corrected chi connectivity index (χ3v) is 5.03. The van der Waals surface area contributed by atoms with Crippen molar-refractivity contribution in [3.8, 4) is 0 Å². The topological polar surface area (TPSA) is 119 Å². The van der Waals surface area contributed by atoms with E-state index in [1.54, 1.807) is 26.3 Å². The van der Waals surface area contributed by atoms with E-state index < -0.39 is 5.97 Å². The van der Waals surface area contributed by atoms with E-state index in [-0.39, 0.29) is 36.4 Å². The Bertz CT molecular complexity index is 868. The molecule has 10 heteroatoms. The molecule has 0 atom stereocenters. The second-order valence-corrected chi connectivity index (χ2v) is 7.15. The van der Waals surface area contributed by atoms with Gasteiger partial charge in [0.1, 0.15) is 17.1 Å². The van der Waals surface area contributed by atoms with E-state index in [4.69, 9.17) is 9.15 Å². The molecule has 2 aromatic heterocycles. The van der Waals surface area contributed by atoms with E-state index in [2.05, 4.69) is 15.7 Å². The highest BCUT2D eigenvalue weighted by atomic mass is 16.5. The molecular weight excluding hydrogens is 390 g/mol. The van der Waals surface area contributed by atoms with Crippen LogP contribution >= 0.6 is 0 Å². The minimum absolute atomic E-state index is 0.00413. The second kappa shape index (κ2) is 10.1. The van der Waals surface area contributed by atoms with Gasteiger partial charge in [-0.3, -0.25) is 19.2 Å². The number of aromatic nitrogens is 2. The quantitative estimate of drug-likeness (QED) is 0.619. The van der Waals surface area contributed by atoms with Gasteiger partial charge in [-0.2, -0.15) is 5.10 Å². The Hall–Kier alpha value is -3.14. The average Bonchev–Trinajstić information content (AvgIpc) is 3.37. The van der Waals surface area contributed by atoms with E-state index in [1.807, 2.05) is 11.0 Å². The van der Waals surface area contributed by atoms with Gasteiger partial charge >= 0.3 is 5.97 Å². The molecule has 2 amide bonds. The molecule has 3 heterocycles. The average molecular weight is 417 g/mol. The van der Waals surface area contributed by atoms with Crippen LogP contribution in [0.5, 0.6) is 0 Å². The van der Waals surface area contributed by atoms with Crippen molar-refractivity contribution in [2.45, 2.75) is 26.3 Å². The first-order valence-corrected chi connectivity index (χ1v) is 9.99. The van der Waals surface area contributed by atoms with Gasteiger partial charge in [-0.05, 0) is 45.0 Å². The normalized spacial score (nSPS) is 15.0. The summed E-state index contributed by atoms with van der Waals surface area (Å²) in [6.45, 7) is 3.79. The Morgan fingerprint density at radius 1 is 1.30 bits per heavy atom. The molecule has 10 nitrogen and oxygen atoms in total. The molecule has 0 radical (unpaired) electrons. The molecule has 1 aliphatic heterocycles. The lowest BCUT2D eigenvalue weighted by atomic mass is 9.96. The third-order valence-electron chi connectivity index (χ3n) is 5.03. The number of carbonyl (C=O) groups is 3. The fraction of sp³-hybridized carbons (Fsp3) is 0.500. The largest absolute Gasteiger partial charge is 0.467 e. The molecule has 0 aliphatic carbocycles. The zero-order valence-corrected chi connectivity index (χ0v) is 17.2. The summed E-state index contributed by atoms with van der Waals surface area (Å²) in [5, 5.41) is 9.66. The van der Waals surface area contributed by atoms with Crippen LogP contribution in [-0.2, 0) is 27.9 Å². The Kier molecular flexibility index (Phi) is 7.23. The van der Waals surface area contributed by atoms with Crippen LogP contribution < -0.4 is 10.6 Å². The summed E-state index contributed by atoms with van der Waals surface area (Å²) in [7, 11) is 1.64. The number of piperidine rings is 1. The number of amides is 2. The van der Waals surface area contributed by atoms with Crippen LogP contribution in [0.15, 0.2) is 29.0 Å². The smallest absolute Gasteiger partial charge is 0.343 e. The SMILES string of the molecule is CCOC(=O)c1cnn(C)c1NC(=O)CN1CCC(C(=O)NCc2ccco2)CC1. The summed E-state index contributed by atoms with van der Waals surface area (Å²) in [6.07, 6.45) is 4.31. The number of aryl methyl sites for hydroxylation is 1. The first-order chi connectivity index (χ1) is 14.5. The lowest BCUT2D eigenvalue weighted by molar-refractivity contribution is -0.126. The fourth-order valence-corrected chi connectivity index (χ4v) is 3.40. The highest BCUT2D eigenvalue weighted by Crippen LogP contribution is 2.19. The maximum Gasteiger partial charge on any atom is 0.343 e. The summed E-state index contributed by atoms with van der Waals surface area (Å²) in [5.74, 6) is 0.184. The van der Waals surface area contributed by atoms with Gasteiger partial charge < -0.3 is 19.8 Å². The van der Waals surface area contributed by atoms with Gasteiger partial charge in [-0.1, -0.05) is 0 Å². The van der Waals surface area contributed by atoms with Crippen LogP contribution in [0.2, 0.25) is 0 Å². The van der Waals surface area contributed by atoms with Crippen molar-refractivity contribution in [3.05, 3.63) is 35.9 Å². The van der Waals surface area contributed by atoms with Crippen molar-refractivity contribution in [3.63, 3.8) is 0 Å². The van der Waals surface area contributed by atoms with Gasteiger partial charge in [0.15, 0.2) is 0 Å². The van der Waals surface area contributed by atoms with Crippen molar-refractivity contribution in [2.75, 3.05) is 31.6 Å². The second-order valence-electron chi connectivity index (χ2n) is 7.15. The van der Waals surface area contributed by atoms with Gasteiger partial charge in [0.05, 0.1) is 32.2 Å². The number of anilines is 1. The number of hydrogen-bond acceptors (Lipinski definition) is 7. The minimum atomic E-state index is -0.526. The molecule has 0 saturated carbocycles. The van der Waals surface area contributed by atoms with E-state index in [0.717, 1.165) is 5.76 Å². The van der Waals surface area contributed by atoms with E-state index in [0.29, 0.717) is 38.3 Å². The number of hydrogen-bond donors (Lipinski definition) is 2. The lowest BCUT2D eigenvalue weighted by Crippen LogP contribution is -2.43. The van der Waals surface area contributed by atoms with Gasteiger partial charge in [-0.15, -0.1) is 0 Å². The van der Waals surface area contributed by atoms with E-state index in [1.165, 1.54) is 10.9 Å². The van der Waals surface area contributed by atoms with Crippen LogP contribution in [0.1, 0.15) is 35.9 Å². The number of likely N-dealkylation sites (tertiary alicyclic amines) is 1. The molecule has 0 bridgehead atoms. The van der Waals surface area contributed by atoms with Crippen molar-refractivity contribution in [1.82, 2.24) is 20.0 Å². The zero-order chi connectivity index (χ0) is 21.5. The van der Waals surface area contributed by atoms with Gasteiger partial charge in [0.25, 0.3) is 0 Å². The first kappa shape index (κ1) is 21.6. The van der Waals surface area contributed by atoms with Gasteiger partial charge in [0, 0.05) is 13.0 Å². The first-order valence-electron chi connectivity index (χ1n) is 9.99. The number of ether oxygens (including phenoxy) is 1. The molecule has 0 spiro atoms. The molecule has 162 valence electrons. The van der Waals surface area contributed by atoms with Crippen LogP contribution in [-0.4, -0.2) is 58.7 Å². The van der Waals surface area contributed by atoms with E-state index in [9.17, 15) is 14.4 Å². The van der Waals surface area contributed by atoms with Crippen molar-refractivity contribution in [2.24, 2.45) is 13.0 Å². The summed E-state index contributed by atoms with van der Waals surface area (Å²) in [4.78, 5) is 38.8. The summed E-state index contributed by atoms with van der Waals surface area (Å²) in [5.41, 5.74) is 0.222. The predicted molar refractivity (Wildman–Crippen MR) is 108 cm³/mol. The maximum atomic E-state index is 12.5. The Labute approximate surface area is 174 Å². The Morgan fingerprint density at radius 2 is 2.07 bits per heavy atom. The van der Waals surface area contributed by atoms with Crippen LogP contribution in [0, 0.1) is 5.92 Å². The number of furan rings is 1. The monoisotopic (exact) mass is 417 g/mol. The Morgan fingerprint density at radius 3 is 2.73 bits per heavy atom.